The van der Waals surface area contributed by atoms with Crippen LogP contribution in [-0.4, -0.2) is 12.6 Å². The normalized spacial score (nSPS) is 12.2. The molecule has 0 bridgehead atoms. The van der Waals surface area contributed by atoms with Crippen molar-refractivity contribution in [3.05, 3.63) is 24.3 Å². The van der Waals surface area contributed by atoms with E-state index >= 15 is 0 Å². The van der Waals surface area contributed by atoms with Crippen LogP contribution in [-0.2, 0) is 0 Å². The lowest BCUT2D eigenvalue weighted by Crippen LogP contribution is -2.10. The topological polar surface area (TPSA) is 21.3 Å². The Hall–Kier alpha value is -1.18. The van der Waals surface area contributed by atoms with Gasteiger partial charge in [0.2, 0.25) is 0 Å². The Morgan fingerprint density at radius 2 is 1.80 bits per heavy atom. The van der Waals surface area contributed by atoms with Gasteiger partial charge < -0.3 is 10.1 Å². The van der Waals surface area contributed by atoms with E-state index in [0.717, 1.165) is 18.7 Å². The maximum absolute atomic E-state index is 5.84. The van der Waals surface area contributed by atoms with Gasteiger partial charge in [0.05, 0.1) is 6.10 Å². The number of hydrogen-bond acceptors (Lipinski definition) is 2. The highest BCUT2D eigenvalue weighted by molar-refractivity contribution is 5.48. The van der Waals surface area contributed by atoms with E-state index in [0.29, 0.717) is 0 Å². The average molecular weight is 277 g/mol. The van der Waals surface area contributed by atoms with E-state index in [-0.39, 0.29) is 6.10 Å². The molecule has 0 aromatic heterocycles. The van der Waals surface area contributed by atoms with Crippen molar-refractivity contribution < 1.29 is 4.74 Å². The van der Waals surface area contributed by atoms with Gasteiger partial charge in [0.15, 0.2) is 0 Å². The van der Waals surface area contributed by atoms with Gasteiger partial charge in [0.1, 0.15) is 5.75 Å². The molecule has 2 nitrogen and oxygen atoms in total. The summed E-state index contributed by atoms with van der Waals surface area (Å²) in [6.45, 7) is 7.57. The molecule has 0 saturated carbocycles. The molecule has 0 radical (unpaired) electrons. The van der Waals surface area contributed by atoms with Crippen molar-refractivity contribution in [2.24, 2.45) is 0 Å². The highest BCUT2D eigenvalue weighted by Gasteiger charge is 2.01. The largest absolute Gasteiger partial charge is 0.491 e. The van der Waals surface area contributed by atoms with Gasteiger partial charge in [-0.1, -0.05) is 52.0 Å². The van der Waals surface area contributed by atoms with E-state index in [9.17, 15) is 0 Å². The van der Waals surface area contributed by atoms with E-state index in [1.54, 1.807) is 0 Å². The van der Waals surface area contributed by atoms with Crippen LogP contribution in [0.3, 0.4) is 0 Å². The maximum Gasteiger partial charge on any atom is 0.121 e. The minimum Gasteiger partial charge on any atom is -0.491 e. The van der Waals surface area contributed by atoms with Gasteiger partial charge >= 0.3 is 0 Å². The Morgan fingerprint density at radius 3 is 2.55 bits per heavy atom. The quantitative estimate of drug-likeness (QED) is 0.529. The summed E-state index contributed by atoms with van der Waals surface area (Å²) in [4.78, 5) is 0. The van der Waals surface area contributed by atoms with Crippen molar-refractivity contribution in [1.82, 2.24) is 0 Å². The van der Waals surface area contributed by atoms with E-state index in [1.165, 1.54) is 44.2 Å². The molecule has 0 spiro atoms. The number of benzene rings is 1. The van der Waals surface area contributed by atoms with Crippen LogP contribution < -0.4 is 10.1 Å². The molecule has 1 N–H and O–H groups in total. The van der Waals surface area contributed by atoms with Crippen LogP contribution in [0.2, 0.25) is 0 Å². The lowest BCUT2D eigenvalue weighted by molar-refractivity contribution is 0.217. The second-order valence-electron chi connectivity index (χ2n) is 5.56. The number of ether oxygens (including phenoxy) is 1. The molecule has 0 aliphatic rings. The lowest BCUT2D eigenvalue weighted by atomic mass is 10.1. The summed E-state index contributed by atoms with van der Waals surface area (Å²) in [5.74, 6) is 0.965. The van der Waals surface area contributed by atoms with E-state index < -0.39 is 0 Å². The van der Waals surface area contributed by atoms with Gasteiger partial charge in [-0.05, 0) is 31.9 Å². The summed E-state index contributed by atoms with van der Waals surface area (Å²) in [6, 6.07) is 8.30. The molecule has 0 aliphatic carbocycles. The van der Waals surface area contributed by atoms with Crippen molar-refractivity contribution in [3.63, 3.8) is 0 Å². The minimum atomic E-state index is 0.281. The Labute approximate surface area is 124 Å². The molecule has 0 saturated heterocycles. The van der Waals surface area contributed by atoms with E-state index in [2.05, 4.69) is 44.3 Å². The third-order valence-corrected chi connectivity index (χ3v) is 3.61. The van der Waals surface area contributed by atoms with E-state index in [1.807, 2.05) is 6.07 Å². The van der Waals surface area contributed by atoms with Gasteiger partial charge in [-0.2, -0.15) is 0 Å². The Balaban J connectivity index is 2.21. The summed E-state index contributed by atoms with van der Waals surface area (Å²) >= 11 is 0. The molecule has 0 fully saturated rings. The molecule has 0 heterocycles. The molecule has 1 rings (SSSR count). The standard InChI is InChI=1S/C18H31NO/c1-4-6-7-8-9-10-14-19-17-12-11-13-18(15-17)20-16(3)5-2/h11-13,15-16,19H,4-10,14H2,1-3H3. The van der Waals surface area contributed by atoms with Crippen molar-refractivity contribution in [2.75, 3.05) is 11.9 Å². The smallest absolute Gasteiger partial charge is 0.121 e. The van der Waals surface area contributed by atoms with Gasteiger partial charge in [0.25, 0.3) is 0 Å². The Morgan fingerprint density at radius 1 is 1.05 bits per heavy atom. The number of unbranched alkanes of at least 4 members (excludes halogenated alkanes) is 5. The zero-order valence-corrected chi connectivity index (χ0v) is 13.5. The number of anilines is 1. The highest BCUT2D eigenvalue weighted by Crippen LogP contribution is 2.19. The summed E-state index contributed by atoms with van der Waals surface area (Å²) < 4.78 is 5.84. The minimum absolute atomic E-state index is 0.281. The SMILES string of the molecule is CCCCCCCCNc1cccc(OC(C)CC)c1. The molecule has 114 valence electrons. The second kappa shape index (κ2) is 10.6. The van der Waals surface area contributed by atoms with Gasteiger partial charge in [-0.25, -0.2) is 0 Å². The van der Waals surface area contributed by atoms with Crippen molar-refractivity contribution >= 4 is 5.69 Å². The first-order valence-electron chi connectivity index (χ1n) is 8.26. The molecule has 2 heteroatoms. The molecule has 20 heavy (non-hydrogen) atoms. The van der Waals surface area contributed by atoms with Crippen LogP contribution in [0.1, 0.15) is 65.7 Å². The van der Waals surface area contributed by atoms with Crippen LogP contribution in [0, 0.1) is 0 Å². The molecule has 1 aromatic carbocycles. The molecule has 1 atom stereocenters. The van der Waals surface area contributed by atoms with Crippen LogP contribution in [0.25, 0.3) is 0 Å². The van der Waals surface area contributed by atoms with Gasteiger partial charge in [-0.15, -0.1) is 0 Å². The third kappa shape index (κ3) is 7.42. The molecule has 0 aliphatic heterocycles. The fourth-order valence-corrected chi connectivity index (χ4v) is 2.13. The van der Waals surface area contributed by atoms with Crippen LogP contribution in [0.15, 0.2) is 24.3 Å². The predicted molar refractivity (Wildman–Crippen MR) is 88.7 cm³/mol. The van der Waals surface area contributed by atoms with Crippen molar-refractivity contribution in [3.8, 4) is 5.75 Å². The molecule has 1 unspecified atom stereocenters. The first kappa shape index (κ1) is 16.9. The summed E-state index contributed by atoms with van der Waals surface area (Å²) in [7, 11) is 0. The summed E-state index contributed by atoms with van der Waals surface area (Å²) in [5, 5.41) is 3.49. The van der Waals surface area contributed by atoms with Crippen LogP contribution in [0.4, 0.5) is 5.69 Å². The molecular weight excluding hydrogens is 246 g/mol. The highest BCUT2D eigenvalue weighted by atomic mass is 16.5. The molecule has 0 amide bonds. The monoisotopic (exact) mass is 277 g/mol. The first-order chi connectivity index (χ1) is 9.76. The Bertz CT molecular complexity index is 351. The number of nitrogens with one attached hydrogen (secondary N) is 1. The molecule has 1 aromatic rings. The average Bonchev–Trinajstić information content (AvgIpc) is 2.46. The third-order valence-electron chi connectivity index (χ3n) is 3.61. The van der Waals surface area contributed by atoms with E-state index in [4.69, 9.17) is 4.74 Å². The number of rotatable bonds is 11. The zero-order chi connectivity index (χ0) is 14.6. The fourth-order valence-electron chi connectivity index (χ4n) is 2.13. The Kier molecular flexibility index (Phi) is 8.93. The fraction of sp³-hybridized carbons (Fsp3) is 0.667. The van der Waals surface area contributed by atoms with Crippen molar-refractivity contribution in [1.29, 1.82) is 0 Å². The van der Waals surface area contributed by atoms with Crippen LogP contribution in [0.5, 0.6) is 5.75 Å². The van der Waals surface area contributed by atoms with Crippen LogP contribution >= 0.6 is 0 Å². The molecular formula is C18H31NO. The van der Waals surface area contributed by atoms with Gasteiger partial charge in [-0.3, -0.25) is 0 Å². The van der Waals surface area contributed by atoms with Gasteiger partial charge in [0, 0.05) is 18.3 Å². The maximum atomic E-state index is 5.84. The zero-order valence-electron chi connectivity index (χ0n) is 13.5. The lowest BCUT2D eigenvalue weighted by Gasteiger charge is -2.14. The number of hydrogen-bond donors (Lipinski definition) is 1. The second-order valence-corrected chi connectivity index (χ2v) is 5.56. The summed E-state index contributed by atoms with van der Waals surface area (Å²) in [6.07, 6.45) is 9.35. The van der Waals surface area contributed by atoms with Crippen molar-refractivity contribution in [2.45, 2.75) is 71.8 Å². The predicted octanol–water partition coefficient (Wildman–Crippen LogP) is 5.64. The summed E-state index contributed by atoms with van der Waals surface area (Å²) in [5.41, 5.74) is 1.17. The first-order valence-corrected chi connectivity index (χ1v) is 8.26.